The molecule has 0 aromatic heterocycles. The Hall–Kier alpha value is -0.380. The summed E-state index contributed by atoms with van der Waals surface area (Å²) in [4.78, 5) is 25.3. The van der Waals surface area contributed by atoms with Crippen LogP contribution in [0.25, 0.3) is 0 Å². The number of alkyl halides is 1. The maximum absolute atomic E-state index is 13.8. The molecule has 4 aliphatic rings. The molecule has 4 saturated carbocycles. The highest BCUT2D eigenvalue weighted by atomic mass is 79.9. The lowest BCUT2D eigenvalue weighted by Gasteiger charge is -2.61. The standard InChI is InChI=1S/C29H47BrO3/c1-17(2)8-7-9-18(3)21-10-11-22-25-23(13-15-28(21,22)5)29(6)14-12-20(33-19(4)31)16-24(29)27(32)26(25)30/h17-18,20-26H,7-16H2,1-6H3/t18-,20?,21-,22+,23+,24-,25+,26-,28-,29-/m1/s1. The zero-order chi connectivity index (χ0) is 24.1. The van der Waals surface area contributed by atoms with E-state index in [0.29, 0.717) is 29.0 Å². The third-order valence-electron chi connectivity index (χ3n) is 11.0. The molecule has 0 spiro atoms. The lowest BCUT2D eigenvalue weighted by atomic mass is 9.44. The molecule has 4 rings (SSSR count). The van der Waals surface area contributed by atoms with Gasteiger partial charge in [-0.1, -0.05) is 69.8 Å². The number of Topliss-reactive ketones (excluding diaryl/α,β-unsaturated/α-hetero) is 1. The van der Waals surface area contributed by atoms with Crippen LogP contribution in [-0.4, -0.2) is 22.7 Å². The predicted octanol–water partition coefficient (Wildman–Crippen LogP) is 7.59. The Labute approximate surface area is 210 Å². The molecular formula is C29H47BrO3. The van der Waals surface area contributed by atoms with Crippen molar-refractivity contribution >= 4 is 27.7 Å². The number of carbonyl (C=O) groups is 2. The fourth-order valence-corrected chi connectivity index (χ4v) is 10.4. The van der Waals surface area contributed by atoms with Gasteiger partial charge in [0, 0.05) is 12.8 Å². The maximum atomic E-state index is 13.8. The summed E-state index contributed by atoms with van der Waals surface area (Å²) in [5.74, 6) is 4.32. The van der Waals surface area contributed by atoms with E-state index in [9.17, 15) is 9.59 Å². The van der Waals surface area contributed by atoms with Gasteiger partial charge in [0.15, 0.2) is 5.78 Å². The van der Waals surface area contributed by atoms with Crippen molar-refractivity contribution in [2.24, 2.45) is 52.3 Å². The van der Waals surface area contributed by atoms with Gasteiger partial charge in [0.05, 0.1) is 4.83 Å². The summed E-state index contributed by atoms with van der Waals surface area (Å²) in [6.07, 6.45) is 11.8. The van der Waals surface area contributed by atoms with Crippen LogP contribution in [0.4, 0.5) is 0 Å². The summed E-state index contributed by atoms with van der Waals surface area (Å²) >= 11 is 3.97. The smallest absolute Gasteiger partial charge is 0.302 e. The molecule has 0 N–H and O–H groups in total. The number of fused-ring (bicyclic) bond motifs is 5. The van der Waals surface area contributed by atoms with Crippen molar-refractivity contribution in [3.63, 3.8) is 0 Å². The molecule has 4 heteroatoms. The molecule has 0 bridgehead atoms. The Morgan fingerprint density at radius 3 is 2.36 bits per heavy atom. The Balaban J connectivity index is 1.53. The molecule has 4 aliphatic carbocycles. The molecule has 1 unspecified atom stereocenters. The molecule has 33 heavy (non-hydrogen) atoms. The van der Waals surface area contributed by atoms with E-state index in [1.807, 2.05) is 0 Å². The Bertz CT molecular complexity index is 749. The topological polar surface area (TPSA) is 43.4 Å². The molecule has 3 nitrogen and oxygen atoms in total. The summed E-state index contributed by atoms with van der Waals surface area (Å²) in [6.45, 7) is 13.7. The van der Waals surface area contributed by atoms with Crippen LogP contribution in [0, 0.1) is 52.3 Å². The number of rotatable bonds is 6. The van der Waals surface area contributed by atoms with Gasteiger partial charge in [0.2, 0.25) is 0 Å². The highest BCUT2D eigenvalue weighted by molar-refractivity contribution is 9.10. The van der Waals surface area contributed by atoms with Crippen molar-refractivity contribution in [3.8, 4) is 0 Å². The summed E-state index contributed by atoms with van der Waals surface area (Å²) in [5.41, 5.74) is 0.438. The van der Waals surface area contributed by atoms with Gasteiger partial charge in [-0.25, -0.2) is 0 Å². The van der Waals surface area contributed by atoms with Gasteiger partial charge in [0.25, 0.3) is 0 Å². The second-order valence-corrected chi connectivity index (χ2v) is 14.2. The van der Waals surface area contributed by atoms with E-state index in [2.05, 4.69) is 50.5 Å². The fraction of sp³-hybridized carbons (Fsp3) is 0.931. The minimum absolute atomic E-state index is 0.0257. The van der Waals surface area contributed by atoms with Crippen LogP contribution < -0.4 is 0 Å². The molecule has 0 aromatic rings. The molecule has 0 saturated heterocycles. The predicted molar refractivity (Wildman–Crippen MR) is 137 cm³/mol. The summed E-state index contributed by atoms with van der Waals surface area (Å²) in [6, 6.07) is 0. The summed E-state index contributed by atoms with van der Waals surface area (Å²) in [7, 11) is 0. The highest BCUT2D eigenvalue weighted by Gasteiger charge is 2.65. The van der Waals surface area contributed by atoms with Crippen LogP contribution in [-0.2, 0) is 14.3 Å². The highest BCUT2D eigenvalue weighted by Crippen LogP contribution is 2.68. The lowest BCUT2D eigenvalue weighted by molar-refractivity contribution is -0.168. The van der Waals surface area contributed by atoms with Gasteiger partial charge >= 0.3 is 5.97 Å². The van der Waals surface area contributed by atoms with Crippen LogP contribution in [0.1, 0.15) is 106 Å². The van der Waals surface area contributed by atoms with Crippen molar-refractivity contribution < 1.29 is 14.3 Å². The molecule has 0 heterocycles. The van der Waals surface area contributed by atoms with Crippen molar-refractivity contribution in [1.82, 2.24) is 0 Å². The molecular weight excluding hydrogens is 476 g/mol. The first-order valence-corrected chi connectivity index (χ1v) is 14.8. The van der Waals surface area contributed by atoms with E-state index >= 15 is 0 Å². The molecule has 0 radical (unpaired) electrons. The molecule has 188 valence electrons. The largest absolute Gasteiger partial charge is 0.463 e. The second-order valence-electron chi connectivity index (χ2n) is 13.2. The Morgan fingerprint density at radius 1 is 1.03 bits per heavy atom. The SMILES string of the molecule is CC(=O)OC1CC[C@@]2(C)[C@H](C1)C(=O)[C@H](Br)[C@@H]1[C@@H]2CC[C@]2(C)[C@@H]([C@H](C)CCCC(C)C)CC[C@@H]12. The van der Waals surface area contributed by atoms with Crippen LogP contribution >= 0.6 is 15.9 Å². The summed E-state index contributed by atoms with van der Waals surface area (Å²) < 4.78 is 5.57. The zero-order valence-corrected chi connectivity index (χ0v) is 23.5. The summed E-state index contributed by atoms with van der Waals surface area (Å²) in [5, 5.41) is 0. The molecule has 0 aliphatic heterocycles. The normalized spacial score (nSPS) is 45.8. The number of hydrogen-bond acceptors (Lipinski definition) is 3. The van der Waals surface area contributed by atoms with Gasteiger partial charge in [-0.3, -0.25) is 9.59 Å². The number of halogens is 1. The fourth-order valence-electron chi connectivity index (χ4n) is 9.30. The number of hydrogen-bond donors (Lipinski definition) is 0. The van der Waals surface area contributed by atoms with Gasteiger partial charge in [-0.05, 0) is 91.3 Å². The molecule has 0 aromatic carbocycles. The molecule has 4 fully saturated rings. The average Bonchev–Trinajstić information content (AvgIpc) is 3.09. The quantitative estimate of drug-likeness (QED) is 0.266. The second kappa shape index (κ2) is 9.58. The van der Waals surface area contributed by atoms with Crippen LogP contribution in [0.5, 0.6) is 0 Å². The third kappa shape index (κ3) is 4.49. The van der Waals surface area contributed by atoms with Gasteiger partial charge in [0.1, 0.15) is 6.10 Å². The first kappa shape index (κ1) is 25.7. The van der Waals surface area contributed by atoms with Crippen LogP contribution in [0.3, 0.4) is 0 Å². The molecule has 0 amide bonds. The minimum atomic E-state index is -0.215. The first-order chi connectivity index (χ1) is 15.5. The van der Waals surface area contributed by atoms with E-state index in [-0.39, 0.29) is 28.2 Å². The van der Waals surface area contributed by atoms with Crippen LogP contribution in [0.15, 0.2) is 0 Å². The van der Waals surface area contributed by atoms with E-state index in [0.717, 1.165) is 37.0 Å². The van der Waals surface area contributed by atoms with Gasteiger partial charge in [-0.15, -0.1) is 0 Å². The van der Waals surface area contributed by atoms with E-state index in [1.54, 1.807) is 0 Å². The van der Waals surface area contributed by atoms with Crippen molar-refractivity contribution in [3.05, 3.63) is 0 Å². The van der Waals surface area contributed by atoms with Crippen molar-refractivity contribution in [2.45, 2.75) is 117 Å². The van der Waals surface area contributed by atoms with E-state index in [4.69, 9.17) is 4.74 Å². The Morgan fingerprint density at radius 2 is 1.70 bits per heavy atom. The number of ketones is 1. The van der Waals surface area contributed by atoms with E-state index < -0.39 is 0 Å². The third-order valence-corrected chi connectivity index (χ3v) is 12.0. The lowest BCUT2D eigenvalue weighted by Crippen LogP contribution is -2.61. The zero-order valence-electron chi connectivity index (χ0n) is 21.9. The van der Waals surface area contributed by atoms with Crippen LogP contribution in [0.2, 0.25) is 0 Å². The number of carbonyl (C=O) groups excluding carboxylic acids is 2. The average molecular weight is 524 g/mol. The van der Waals surface area contributed by atoms with Crippen molar-refractivity contribution in [1.29, 1.82) is 0 Å². The first-order valence-electron chi connectivity index (χ1n) is 13.8. The minimum Gasteiger partial charge on any atom is -0.463 e. The van der Waals surface area contributed by atoms with Gasteiger partial charge < -0.3 is 4.74 Å². The van der Waals surface area contributed by atoms with E-state index in [1.165, 1.54) is 51.9 Å². The van der Waals surface area contributed by atoms with Gasteiger partial charge in [-0.2, -0.15) is 0 Å². The Kier molecular flexibility index (Phi) is 7.46. The monoisotopic (exact) mass is 522 g/mol. The number of esters is 1. The number of ether oxygens (including phenoxy) is 1. The van der Waals surface area contributed by atoms with Crippen molar-refractivity contribution in [2.75, 3.05) is 0 Å². The molecule has 10 atom stereocenters. The maximum Gasteiger partial charge on any atom is 0.302 e.